The van der Waals surface area contributed by atoms with Crippen LogP contribution in [0.25, 0.3) is 0 Å². The fourth-order valence-corrected chi connectivity index (χ4v) is 6.19. The van der Waals surface area contributed by atoms with Crippen molar-refractivity contribution in [1.29, 1.82) is 0 Å². The number of carbonyl (C=O) groups is 1. The summed E-state index contributed by atoms with van der Waals surface area (Å²) < 4.78 is 28.9. The Balaban J connectivity index is 1.34. The summed E-state index contributed by atoms with van der Waals surface area (Å²) in [5.74, 6) is 0.122. The van der Waals surface area contributed by atoms with Gasteiger partial charge in [0.25, 0.3) is 0 Å². The fraction of sp³-hybridized carbons (Fsp3) is 0.321. The standard InChI is InChI=1S/C28H30N2O4S/c1-2-18-8-13-22(14-9-18)35(33,34)30-27-24-16-21(12-10-20(24)11-15-26(27)31)29-28(32)25-17-23(25)19-6-4-3-5-7-19/h3-10,12-14,16,23,25-27,30-31H,2,11,15,17H2,1H3,(H,29,32)/t23-,25+,26-,27-/m1/s1. The molecule has 2 aliphatic rings. The number of nitrogens with one attached hydrogen (secondary N) is 2. The fourth-order valence-electron chi connectivity index (χ4n) is 4.94. The Hall–Kier alpha value is -3.00. The summed E-state index contributed by atoms with van der Waals surface area (Å²) in [4.78, 5) is 13.0. The third-order valence-corrected chi connectivity index (χ3v) is 8.58. The first-order valence-corrected chi connectivity index (χ1v) is 13.6. The highest BCUT2D eigenvalue weighted by atomic mass is 32.2. The quantitative estimate of drug-likeness (QED) is 0.460. The number of aliphatic hydroxyl groups excluding tert-OH is 1. The average Bonchev–Trinajstić information content (AvgIpc) is 3.68. The summed E-state index contributed by atoms with van der Waals surface area (Å²) in [5.41, 5.74) is 4.50. The van der Waals surface area contributed by atoms with Crippen molar-refractivity contribution in [3.63, 3.8) is 0 Å². The first-order chi connectivity index (χ1) is 16.9. The minimum absolute atomic E-state index is 0.0386. The van der Waals surface area contributed by atoms with Gasteiger partial charge in [0.15, 0.2) is 0 Å². The lowest BCUT2D eigenvalue weighted by Gasteiger charge is -2.31. The van der Waals surface area contributed by atoms with E-state index in [1.54, 1.807) is 30.3 Å². The van der Waals surface area contributed by atoms with Gasteiger partial charge in [0.2, 0.25) is 15.9 Å². The number of hydrogen-bond donors (Lipinski definition) is 3. The topological polar surface area (TPSA) is 95.5 Å². The van der Waals surface area contributed by atoms with Crippen molar-refractivity contribution in [2.24, 2.45) is 5.92 Å². The van der Waals surface area contributed by atoms with E-state index in [0.717, 1.165) is 24.0 Å². The molecule has 0 radical (unpaired) electrons. The normalized spacial score (nSPS) is 23.4. The second-order valence-corrected chi connectivity index (χ2v) is 11.2. The average molecular weight is 491 g/mol. The number of benzene rings is 3. The third kappa shape index (κ3) is 5.03. The van der Waals surface area contributed by atoms with Crippen LogP contribution in [-0.2, 0) is 27.7 Å². The van der Waals surface area contributed by atoms with E-state index >= 15 is 0 Å². The highest BCUT2D eigenvalue weighted by Gasteiger charge is 2.44. The number of sulfonamides is 1. The van der Waals surface area contributed by atoms with Gasteiger partial charge in [-0.2, -0.15) is 0 Å². The number of hydrogen-bond acceptors (Lipinski definition) is 4. The zero-order chi connectivity index (χ0) is 24.6. The molecule has 1 saturated carbocycles. The number of aliphatic hydroxyl groups is 1. The van der Waals surface area contributed by atoms with E-state index in [1.165, 1.54) is 5.56 Å². The van der Waals surface area contributed by atoms with Crippen LogP contribution in [0.15, 0.2) is 77.7 Å². The van der Waals surface area contributed by atoms with Crippen LogP contribution in [-0.4, -0.2) is 25.5 Å². The molecule has 0 saturated heterocycles. The minimum Gasteiger partial charge on any atom is -0.391 e. The Morgan fingerprint density at radius 2 is 1.77 bits per heavy atom. The molecular weight excluding hydrogens is 460 g/mol. The lowest BCUT2D eigenvalue weighted by molar-refractivity contribution is -0.117. The highest BCUT2D eigenvalue weighted by Crippen LogP contribution is 2.48. The molecule has 1 fully saturated rings. The van der Waals surface area contributed by atoms with E-state index in [2.05, 4.69) is 10.0 Å². The number of rotatable bonds is 7. The Labute approximate surface area is 206 Å². The largest absolute Gasteiger partial charge is 0.391 e. The summed E-state index contributed by atoms with van der Waals surface area (Å²) in [5, 5.41) is 13.7. The van der Waals surface area contributed by atoms with E-state index in [0.29, 0.717) is 24.1 Å². The number of aryl methyl sites for hydroxylation is 2. The highest BCUT2D eigenvalue weighted by molar-refractivity contribution is 7.89. The molecule has 3 aromatic rings. The second kappa shape index (κ2) is 9.57. The van der Waals surface area contributed by atoms with Gasteiger partial charge in [0.05, 0.1) is 17.0 Å². The van der Waals surface area contributed by atoms with Gasteiger partial charge in [-0.05, 0) is 78.1 Å². The first-order valence-electron chi connectivity index (χ1n) is 12.1. The Bertz CT molecular complexity index is 1320. The molecule has 3 N–H and O–H groups in total. The van der Waals surface area contributed by atoms with Crippen LogP contribution in [0.2, 0.25) is 0 Å². The molecule has 3 aromatic carbocycles. The molecule has 7 heteroatoms. The van der Waals surface area contributed by atoms with Crippen LogP contribution in [0.4, 0.5) is 5.69 Å². The number of carbonyl (C=O) groups excluding carboxylic acids is 1. The van der Waals surface area contributed by atoms with Crippen LogP contribution in [0, 0.1) is 5.92 Å². The molecule has 0 heterocycles. The van der Waals surface area contributed by atoms with E-state index in [1.807, 2.05) is 49.4 Å². The number of anilines is 1. The molecule has 4 atom stereocenters. The number of fused-ring (bicyclic) bond motifs is 1. The van der Waals surface area contributed by atoms with Crippen molar-refractivity contribution < 1.29 is 18.3 Å². The third-order valence-electron chi connectivity index (χ3n) is 7.12. The van der Waals surface area contributed by atoms with Crippen LogP contribution in [0.1, 0.15) is 54.0 Å². The molecule has 0 aliphatic heterocycles. The molecule has 5 rings (SSSR count). The summed E-state index contributed by atoms with van der Waals surface area (Å²) in [6, 6.07) is 21.6. The molecule has 182 valence electrons. The molecular formula is C28H30N2O4S. The minimum atomic E-state index is -3.84. The van der Waals surface area contributed by atoms with Gasteiger partial charge in [0, 0.05) is 11.6 Å². The van der Waals surface area contributed by atoms with Crippen LogP contribution >= 0.6 is 0 Å². The molecule has 0 spiro atoms. The second-order valence-electron chi connectivity index (χ2n) is 9.46. The van der Waals surface area contributed by atoms with Gasteiger partial charge in [0.1, 0.15) is 0 Å². The van der Waals surface area contributed by atoms with Gasteiger partial charge in [-0.1, -0.05) is 55.5 Å². The van der Waals surface area contributed by atoms with Crippen LogP contribution in [0.3, 0.4) is 0 Å². The van der Waals surface area contributed by atoms with Crippen LogP contribution < -0.4 is 10.0 Å². The van der Waals surface area contributed by atoms with E-state index in [-0.39, 0.29) is 22.6 Å². The maximum atomic E-state index is 13.1. The summed E-state index contributed by atoms with van der Waals surface area (Å²) in [7, 11) is -3.84. The van der Waals surface area contributed by atoms with Gasteiger partial charge >= 0.3 is 0 Å². The molecule has 2 aliphatic carbocycles. The maximum absolute atomic E-state index is 13.1. The Morgan fingerprint density at radius 3 is 2.49 bits per heavy atom. The zero-order valence-electron chi connectivity index (χ0n) is 19.6. The lowest BCUT2D eigenvalue weighted by Crippen LogP contribution is -2.39. The van der Waals surface area contributed by atoms with Crippen molar-refractivity contribution in [2.75, 3.05) is 5.32 Å². The summed E-state index contributed by atoms with van der Waals surface area (Å²) in [6.45, 7) is 2.01. The van der Waals surface area contributed by atoms with Gasteiger partial charge in [-0.15, -0.1) is 0 Å². The predicted molar refractivity (Wildman–Crippen MR) is 136 cm³/mol. The first kappa shape index (κ1) is 23.7. The molecule has 0 bridgehead atoms. The predicted octanol–water partition coefficient (Wildman–Crippen LogP) is 4.32. The van der Waals surface area contributed by atoms with Gasteiger partial charge in [-0.25, -0.2) is 13.1 Å². The SMILES string of the molecule is CCc1ccc(S(=O)(=O)N[C@@H]2c3cc(NC(=O)[C@H]4C[C@@H]4c4ccccc4)ccc3CC[C@H]2O)cc1. The van der Waals surface area contributed by atoms with Crippen molar-refractivity contribution in [3.8, 4) is 0 Å². The van der Waals surface area contributed by atoms with Gasteiger partial charge in [-0.3, -0.25) is 4.79 Å². The van der Waals surface area contributed by atoms with Crippen molar-refractivity contribution in [2.45, 2.75) is 55.6 Å². The van der Waals surface area contributed by atoms with Gasteiger partial charge < -0.3 is 10.4 Å². The summed E-state index contributed by atoms with van der Waals surface area (Å²) in [6.07, 6.45) is 1.89. The smallest absolute Gasteiger partial charge is 0.241 e. The van der Waals surface area contributed by atoms with Crippen molar-refractivity contribution in [1.82, 2.24) is 4.72 Å². The Morgan fingerprint density at radius 1 is 1.03 bits per heavy atom. The van der Waals surface area contributed by atoms with E-state index in [4.69, 9.17) is 0 Å². The lowest BCUT2D eigenvalue weighted by atomic mass is 9.86. The summed E-state index contributed by atoms with van der Waals surface area (Å²) >= 11 is 0. The Kier molecular flexibility index (Phi) is 6.49. The zero-order valence-corrected chi connectivity index (χ0v) is 20.5. The molecule has 1 amide bonds. The molecule has 6 nitrogen and oxygen atoms in total. The molecule has 0 unspecified atom stereocenters. The van der Waals surface area contributed by atoms with Crippen LogP contribution in [0.5, 0.6) is 0 Å². The monoisotopic (exact) mass is 490 g/mol. The maximum Gasteiger partial charge on any atom is 0.241 e. The van der Waals surface area contributed by atoms with E-state index in [9.17, 15) is 18.3 Å². The number of amides is 1. The molecule has 0 aromatic heterocycles. The van der Waals surface area contributed by atoms with Crippen molar-refractivity contribution in [3.05, 3.63) is 95.1 Å². The molecule has 35 heavy (non-hydrogen) atoms. The van der Waals surface area contributed by atoms with Crippen molar-refractivity contribution >= 4 is 21.6 Å². The van der Waals surface area contributed by atoms with E-state index < -0.39 is 22.2 Å².